The van der Waals surface area contributed by atoms with E-state index < -0.39 is 0 Å². The minimum Gasteiger partial charge on any atom is -0.303 e. The normalized spacial score (nSPS) is 10.9. The average Bonchev–Trinajstić information content (AvgIpc) is 2.39. The summed E-state index contributed by atoms with van der Waals surface area (Å²) in [6, 6.07) is 5.78. The third-order valence-corrected chi connectivity index (χ3v) is 3.10. The number of unbranched alkanes of at least 4 members (excludes halogenated alkanes) is 1. The predicted molar refractivity (Wildman–Crippen MR) is 72.4 cm³/mol. The molecule has 1 aromatic rings. The molecule has 0 aliphatic heterocycles. The lowest BCUT2D eigenvalue weighted by molar-refractivity contribution is 0.0965. The van der Waals surface area contributed by atoms with Gasteiger partial charge in [-0.05, 0) is 43.8 Å². The quantitative estimate of drug-likeness (QED) is 0.659. The van der Waals surface area contributed by atoms with E-state index >= 15 is 0 Å². The first-order valence-corrected chi connectivity index (χ1v) is 6.68. The van der Waals surface area contributed by atoms with Crippen molar-refractivity contribution in [3.63, 3.8) is 0 Å². The molecule has 0 N–H and O–H groups in total. The molecule has 0 radical (unpaired) electrons. The van der Waals surface area contributed by atoms with Crippen LogP contribution in [0.15, 0.2) is 24.3 Å². The second-order valence-corrected chi connectivity index (χ2v) is 4.47. The Hall–Kier alpha value is -1.22. The number of hydrogen-bond acceptors (Lipinski definition) is 2. The van der Waals surface area contributed by atoms with Crippen molar-refractivity contribution in [2.75, 3.05) is 19.6 Å². The van der Waals surface area contributed by atoms with Crippen LogP contribution in [0.4, 0.5) is 4.39 Å². The van der Waals surface area contributed by atoms with E-state index in [-0.39, 0.29) is 11.6 Å². The number of nitrogens with zero attached hydrogens (tertiary/aromatic N) is 1. The van der Waals surface area contributed by atoms with Gasteiger partial charge >= 0.3 is 0 Å². The summed E-state index contributed by atoms with van der Waals surface area (Å²) < 4.78 is 12.7. The van der Waals surface area contributed by atoms with Crippen molar-refractivity contribution in [3.8, 4) is 0 Å². The maximum absolute atomic E-state index is 12.7. The number of halogens is 1. The van der Waals surface area contributed by atoms with E-state index in [0.29, 0.717) is 12.0 Å². The smallest absolute Gasteiger partial charge is 0.164 e. The largest absolute Gasteiger partial charge is 0.303 e. The summed E-state index contributed by atoms with van der Waals surface area (Å²) >= 11 is 0. The zero-order chi connectivity index (χ0) is 13.4. The summed E-state index contributed by atoms with van der Waals surface area (Å²) in [4.78, 5) is 14.2. The van der Waals surface area contributed by atoms with Crippen LogP contribution in [0.1, 0.15) is 43.5 Å². The molecule has 0 spiro atoms. The third-order valence-electron chi connectivity index (χ3n) is 3.10. The van der Waals surface area contributed by atoms with Crippen LogP contribution in [0.3, 0.4) is 0 Å². The molecular weight excluding hydrogens is 229 g/mol. The van der Waals surface area contributed by atoms with Crippen LogP contribution in [0, 0.1) is 5.82 Å². The highest BCUT2D eigenvalue weighted by Crippen LogP contribution is 2.07. The topological polar surface area (TPSA) is 20.3 Å². The maximum Gasteiger partial charge on any atom is 0.164 e. The summed E-state index contributed by atoms with van der Waals surface area (Å²) in [6.45, 7) is 7.07. The number of ketones is 1. The molecule has 1 rings (SSSR count). The van der Waals surface area contributed by atoms with Crippen molar-refractivity contribution in [1.82, 2.24) is 4.90 Å². The Morgan fingerprint density at radius 3 is 2.39 bits per heavy atom. The summed E-state index contributed by atoms with van der Waals surface area (Å²) in [5, 5.41) is 0. The minimum atomic E-state index is -0.301. The van der Waals surface area contributed by atoms with Gasteiger partial charge < -0.3 is 4.90 Å². The maximum atomic E-state index is 12.7. The van der Waals surface area contributed by atoms with Crippen molar-refractivity contribution < 1.29 is 9.18 Å². The molecule has 18 heavy (non-hydrogen) atoms. The summed E-state index contributed by atoms with van der Waals surface area (Å²) in [6.07, 6.45) is 2.84. The van der Waals surface area contributed by atoms with Crippen LogP contribution in [0.25, 0.3) is 0 Å². The Kier molecular flexibility index (Phi) is 6.58. The van der Waals surface area contributed by atoms with E-state index in [2.05, 4.69) is 18.7 Å². The lowest BCUT2D eigenvalue weighted by atomic mass is 10.1. The van der Waals surface area contributed by atoms with E-state index in [1.165, 1.54) is 25.0 Å². The highest BCUT2D eigenvalue weighted by molar-refractivity contribution is 5.96. The molecule has 0 heterocycles. The van der Waals surface area contributed by atoms with Crippen LogP contribution in [0.2, 0.25) is 0 Å². The number of benzene rings is 1. The number of carbonyl (C=O) groups excluding carboxylic acids is 1. The molecule has 0 aliphatic carbocycles. The van der Waals surface area contributed by atoms with Crippen molar-refractivity contribution in [3.05, 3.63) is 35.6 Å². The zero-order valence-corrected chi connectivity index (χ0v) is 11.3. The molecule has 0 aromatic heterocycles. The average molecular weight is 251 g/mol. The van der Waals surface area contributed by atoms with E-state index in [1.54, 1.807) is 12.1 Å². The highest BCUT2D eigenvalue weighted by atomic mass is 19.1. The van der Waals surface area contributed by atoms with Gasteiger partial charge in [0.1, 0.15) is 5.82 Å². The van der Waals surface area contributed by atoms with Gasteiger partial charge in [0, 0.05) is 18.5 Å². The van der Waals surface area contributed by atoms with Crippen molar-refractivity contribution in [2.24, 2.45) is 0 Å². The fourth-order valence-corrected chi connectivity index (χ4v) is 1.85. The Morgan fingerprint density at radius 2 is 1.83 bits per heavy atom. The standard InChI is InChI=1S/C15H22FNO/c1-3-5-11-17(4-2)12-10-15(18)13-6-8-14(16)9-7-13/h6-9H,3-5,10-12H2,1-2H3. The first kappa shape index (κ1) is 14.8. The van der Waals surface area contributed by atoms with Gasteiger partial charge in [-0.3, -0.25) is 4.79 Å². The molecule has 2 nitrogen and oxygen atoms in total. The number of Topliss-reactive ketones (excluding diaryl/α,β-unsaturated/α-hetero) is 1. The van der Waals surface area contributed by atoms with E-state index in [4.69, 9.17) is 0 Å². The molecule has 0 unspecified atom stereocenters. The van der Waals surface area contributed by atoms with Gasteiger partial charge in [0.2, 0.25) is 0 Å². The second kappa shape index (κ2) is 7.98. The monoisotopic (exact) mass is 251 g/mol. The van der Waals surface area contributed by atoms with Crippen LogP contribution in [-0.2, 0) is 0 Å². The number of rotatable bonds is 8. The molecule has 0 fully saturated rings. The minimum absolute atomic E-state index is 0.0879. The van der Waals surface area contributed by atoms with Gasteiger partial charge in [0.25, 0.3) is 0 Å². The van der Waals surface area contributed by atoms with Gasteiger partial charge in [-0.2, -0.15) is 0 Å². The molecule has 0 atom stereocenters. The van der Waals surface area contributed by atoms with Crippen LogP contribution >= 0.6 is 0 Å². The van der Waals surface area contributed by atoms with E-state index in [1.807, 2.05) is 0 Å². The zero-order valence-electron chi connectivity index (χ0n) is 11.3. The first-order valence-electron chi connectivity index (χ1n) is 6.68. The Balaban J connectivity index is 2.42. The van der Waals surface area contributed by atoms with Crippen molar-refractivity contribution >= 4 is 5.78 Å². The lowest BCUT2D eigenvalue weighted by Gasteiger charge is -2.19. The van der Waals surface area contributed by atoms with Crippen LogP contribution in [-0.4, -0.2) is 30.3 Å². The molecule has 0 aliphatic rings. The lowest BCUT2D eigenvalue weighted by Crippen LogP contribution is -2.27. The Labute approximate surface area is 109 Å². The third kappa shape index (κ3) is 4.96. The first-order chi connectivity index (χ1) is 8.67. The highest BCUT2D eigenvalue weighted by Gasteiger charge is 2.08. The fraction of sp³-hybridized carbons (Fsp3) is 0.533. The second-order valence-electron chi connectivity index (χ2n) is 4.47. The molecule has 1 aromatic carbocycles. The molecule has 100 valence electrons. The molecule has 0 bridgehead atoms. The number of hydrogen-bond donors (Lipinski definition) is 0. The number of carbonyl (C=O) groups is 1. The van der Waals surface area contributed by atoms with Crippen LogP contribution in [0.5, 0.6) is 0 Å². The van der Waals surface area contributed by atoms with Gasteiger partial charge in [-0.15, -0.1) is 0 Å². The van der Waals surface area contributed by atoms with Gasteiger partial charge in [0.05, 0.1) is 0 Å². The van der Waals surface area contributed by atoms with Gasteiger partial charge in [-0.1, -0.05) is 20.3 Å². The molecule has 3 heteroatoms. The Bertz CT molecular complexity index is 361. The molecule has 0 amide bonds. The SMILES string of the molecule is CCCCN(CC)CCC(=O)c1ccc(F)cc1. The van der Waals surface area contributed by atoms with Crippen molar-refractivity contribution in [2.45, 2.75) is 33.1 Å². The van der Waals surface area contributed by atoms with Gasteiger partial charge in [-0.25, -0.2) is 4.39 Å². The van der Waals surface area contributed by atoms with Crippen LogP contribution < -0.4 is 0 Å². The van der Waals surface area contributed by atoms with E-state index in [9.17, 15) is 9.18 Å². The summed E-state index contributed by atoms with van der Waals surface area (Å²) in [7, 11) is 0. The molecule has 0 saturated heterocycles. The summed E-state index contributed by atoms with van der Waals surface area (Å²) in [5.41, 5.74) is 0.600. The molecule has 0 saturated carbocycles. The Morgan fingerprint density at radius 1 is 1.17 bits per heavy atom. The van der Waals surface area contributed by atoms with Gasteiger partial charge in [0.15, 0.2) is 5.78 Å². The van der Waals surface area contributed by atoms with Crippen molar-refractivity contribution in [1.29, 1.82) is 0 Å². The summed E-state index contributed by atoms with van der Waals surface area (Å²) in [5.74, 6) is -0.213. The van der Waals surface area contributed by atoms with E-state index in [0.717, 1.165) is 19.6 Å². The predicted octanol–water partition coefficient (Wildman–Crippen LogP) is 3.52. The fourth-order valence-electron chi connectivity index (χ4n) is 1.85. The molecular formula is C15H22FNO.